The molecule has 34 heteroatoms. The minimum atomic E-state index is -5.73. The predicted octanol–water partition coefficient (Wildman–Crippen LogP) is 1.74. The molecule has 0 aliphatic carbocycles. The molecule has 4 aliphatic rings. The molecule has 11 N–H and O–H groups in total. The third-order valence-corrected chi connectivity index (χ3v) is 17.8. The maximum absolute atomic E-state index is 13.2. The molecule has 1 fully saturated rings. The molecule has 6 atom stereocenters. The second-order valence-corrected chi connectivity index (χ2v) is 26.6. The molecular weight excluding hydrogens is 1120 g/mol. The number of nitrogen functional groups attached to an aromatic ring is 1. The van der Waals surface area contributed by atoms with Crippen molar-refractivity contribution in [3.8, 4) is 11.5 Å². The highest BCUT2D eigenvalue weighted by Gasteiger charge is 2.50. The highest BCUT2D eigenvalue weighted by Crippen LogP contribution is 2.66. The van der Waals surface area contributed by atoms with E-state index in [-0.39, 0.29) is 42.2 Å². The first-order valence-corrected chi connectivity index (χ1v) is 30.7. The molecule has 418 valence electrons. The molecule has 2 unspecified atom stereocenters. The van der Waals surface area contributed by atoms with Crippen LogP contribution in [0.25, 0.3) is 22.3 Å². The van der Waals surface area contributed by atoms with Crippen LogP contribution < -0.4 is 46.9 Å². The Hall–Kier alpha value is -5.33. The number of aromatic amines is 1. The number of aliphatic hydroxyl groups is 1. The topological polar surface area (TPSA) is 411 Å². The Labute approximate surface area is 443 Å². The number of hydrogen-bond acceptors (Lipinski definition) is 20. The lowest BCUT2D eigenvalue weighted by molar-refractivity contribution is -0.121. The Morgan fingerprint density at radius 2 is 1.73 bits per heavy atom. The second kappa shape index (κ2) is 21.4. The zero-order valence-electron chi connectivity index (χ0n) is 41.9. The Balaban J connectivity index is 0.927. The van der Waals surface area contributed by atoms with Crippen LogP contribution in [0, 0.1) is 0 Å². The van der Waals surface area contributed by atoms with Gasteiger partial charge >= 0.3 is 28.5 Å². The van der Waals surface area contributed by atoms with Crippen LogP contribution in [-0.4, -0.2) is 137 Å². The van der Waals surface area contributed by atoms with Gasteiger partial charge < -0.3 is 60.2 Å². The van der Waals surface area contributed by atoms with Crippen LogP contribution in [0.4, 0.5) is 22.1 Å². The minimum Gasteiger partial charge on any atom is -0.452 e. The number of phosphoric ester groups is 1. The number of benzene rings is 2. The molecule has 2 aromatic heterocycles. The number of rotatable bonds is 19. The lowest BCUT2D eigenvalue weighted by Crippen LogP contribution is -2.50. The number of ether oxygens (including phenoxy) is 3. The zero-order valence-corrected chi connectivity index (χ0v) is 46.2. The summed E-state index contributed by atoms with van der Waals surface area (Å²) in [4.78, 5) is 94.5. The zero-order chi connectivity index (χ0) is 56.4. The predicted molar refractivity (Wildman–Crippen MR) is 278 cm³/mol. The average Bonchev–Trinajstić information content (AvgIpc) is 3.88. The number of carbonyl (C=O) groups excluding carboxylic acids is 2. The number of hydrogen-bond donors (Lipinski definition) is 10. The molecule has 2 amide bonds. The molecule has 4 aromatic rings. The van der Waals surface area contributed by atoms with E-state index in [0.29, 0.717) is 52.0 Å². The molecule has 6 heterocycles. The van der Waals surface area contributed by atoms with E-state index in [2.05, 4.69) is 84.7 Å². The number of amides is 2. The number of anilines is 2. The smallest absolute Gasteiger partial charge is 0.452 e. The first-order valence-electron chi connectivity index (χ1n) is 23.5. The van der Waals surface area contributed by atoms with E-state index >= 15 is 0 Å². The van der Waals surface area contributed by atoms with Crippen LogP contribution in [0.15, 0.2) is 52.5 Å². The maximum Gasteiger partial charge on any atom is 0.488 e. The highest BCUT2D eigenvalue weighted by atomic mass is 32.5. The number of likely N-dealkylation sites (N-methyl/N-ethyl adjacent to an activating group) is 1. The molecule has 77 heavy (non-hydrogen) atoms. The normalized spacial score (nSPS) is 21.9. The number of nitrogens with one attached hydrogen (secondary N) is 3. The van der Waals surface area contributed by atoms with Crippen molar-refractivity contribution in [3.63, 3.8) is 0 Å². The Morgan fingerprint density at radius 1 is 1.01 bits per heavy atom. The Morgan fingerprint density at radius 3 is 2.42 bits per heavy atom. The van der Waals surface area contributed by atoms with Crippen LogP contribution in [-0.2, 0) is 58.5 Å². The van der Waals surface area contributed by atoms with Crippen molar-refractivity contribution in [2.24, 2.45) is 4.99 Å². The van der Waals surface area contributed by atoms with Crippen LogP contribution >= 0.6 is 22.4 Å². The largest absolute Gasteiger partial charge is 0.488 e. The Kier molecular flexibility index (Phi) is 16.1. The van der Waals surface area contributed by atoms with Crippen LogP contribution in [0.5, 0.6) is 11.5 Å². The summed E-state index contributed by atoms with van der Waals surface area (Å²) >= 11 is 4.09. The van der Waals surface area contributed by atoms with E-state index in [0.717, 1.165) is 34.3 Å². The van der Waals surface area contributed by atoms with Gasteiger partial charge in [0.2, 0.25) is 17.2 Å². The van der Waals surface area contributed by atoms with E-state index in [4.69, 9.17) is 29.5 Å². The summed E-state index contributed by atoms with van der Waals surface area (Å²) in [7, 11) is -15.9. The van der Waals surface area contributed by atoms with Crippen molar-refractivity contribution in [1.29, 1.82) is 0 Å². The fourth-order valence-electron chi connectivity index (χ4n) is 9.76. The average molecular weight is 1170 g/mol. The van der Waals surface area contributed by atoms with E-state index in [1.54, 1.807) is 18.2 Å². The number of aromatic nitrogens is 4. The molecular formula is C43H56N10O19P3S2+. The van der Waals surface area contributed by atoms with Crippen LogP contribution in [0.1, 0.15) is 71.7 Å². The third-order valence-electron chi connectivity index (χ3n) is 12.7. The number of carbonyl (C=O) groups is 2. The lowest BCUT2D eigenvalue weighted by atomic mass is 9.88. The first kappa shape index (κ1) is 57.8. The summed E-state index contributed by atoms with van der Waals surface area (Å²) < 4.78 is 92.8. The van der Waals surface area contributed by atoms with Gasteiger partial charge in [-0.2, -0.15) is 17.7 Å². The van der Waals surface area contributed by atoms with E-state index in [9.17, 15) is 61.2 Å². The molecule has 2 aromatic carbocycles. The van der Waals surface area contributed by atoms with Gasteiger partial charge in [0.1, 0.15) is 35.6 Å². The second-order valence-electron chi connectivity index (χ2n) is 19.3. The van der Waals surface area contributed by atoms with Gasteiger partial charge in [-0.1, -0.05) is 6.08 Å². The number of nitrogens with two attached hydrogens (primary N) is 1. The lowest BCUT2D eigenvalue weighted by Gasteiger charge is -2.43. The number of phosphoric acid groups is 2. The van der Waals surface area contributed by atoms with Gasteiger partial charge in [0.15, 0.2) is 40.5 Å². The maximum atomic E-state index is 13.2. The van der Waals surface area contributed by atoms with Gasteiger partial charge in [-0.25, -0.2) is 32.8 Å². The van der Waals surface area contributed by atoms with Crippen molar-refractivity contribution in [3.05, 3.63) is 74.9 Å². The number of alkyl carbamates (subject to hydrolysis) is 1. The molecule has 29 nitrogen and oxygen atoms in total. The number of H-pyrrole nitrogens is 1. The summed E-state index contributed by atoms with van der Waals surface area (Å²) in [5, 5.41) is 17.5. The number of allylic oxidation sites excluding steroid dienone is 1. The van der Waals surface area contributed by atoms with Crippen LogP contribution in [0.3, 0.4) is 0 Å². The quantitative estimate of drug-likeness (QED) is 0.0244. The summed E-state index contributed by atoms with van der Waals surface area (Å²) in [6, 6.07) is 7.47. The SMILES string of the molecule is CCN1c2cc3c(cc2C(C)=CC1(C)C)N=c1cc2c(cc1O3)=[N+](CCCC(=O)NCCNC(=O)O[C@H]1[C@@H](O)[C@H](n3cnc4c(=O)[nH]c(N)nc43)O[C@@H]1COP(=O)(O)OP(=O)(O)OP(O)(O)=S)C(C)(C)C=C2CS(=O)(=O)O. The molecule has 1 saturated heterocycles. The summed E-state index contributed by atoms with van der Waals surface area (Å²) in [6.07, 6.45) is -2.86. The number of aliphatic hydroxyl groups excluding tert-OH is 1. The van der Waals surface area contributed by atoms with E-state index in [1.807, 2.05) is 30.6 Å². The summed E-state index contributed by atoms with van der Waals surface area (Å²) in [6.45, 7) is 6.81. The standard InChI is InChI=1S/C43H55N10O19P3S2/c1-7-52-28-15-30-26(13-24(28)22(2)17-42(52,3)4)48-27-14-25-23(20-77(64,65)66)18-43(5,6)53(29(25)16-31(27)68-30)12-8-9-33(54)45-10-11-46-41(57)70-36-32(19-67-73(58,59)71-74(60,61)72-75(62,63)76)69-39(35(36)55)51-21-47-34-37(51)49-40(44)50-38(34)56/h13-18,21,32,35-36,39,55H,7-12,19-20H2,1-6H3,(H9-,44,45,46,49,50,54,56,57,58,59,60,61,62,63,64,65,66,76)/p+1/t32-,35-,36-,39-/m1/s1. The molecule has 0 radical (unpaired) electrons. The molecule has 0 spiro atoms. The van der Waals surface area contributed by atoms with Crippen molar-refractivity contribution in [2.75, 3.05) is 49.2 Å². The molecule has 8 rings (SSSR count). The summed E-state index contributed by atoms with van der Waals surface area (Å²) in [5.41, 5.74) is 7.98. The molecule has 0 bridgehead atoms. The van der Waals surface area contributed by atoms with Gasteiger partial charge in [-0.05, 0) is 68.9 Å². The fraction of sp³-hybridized carbons (Fsp3) is 0.465. The first-order chi connectivity index (χ1) is 35.7. The fourth-order valence-corrected chi connectivity index (χ4v) is 14.2. The minimum absolute atomic E-state index is 0.00268. The van der Waals surface area contributed by atoms with Gasteiger partial charge in [0, 0.05) is 63.6 Å². The van der Waals surface area contributed by atoms with Gasteiger partial charge in [0.25, 0.3) is 15.7 Å². The van der Waals surface area contributed by atoms with E-state index in [1.165, 1.54) is 0 Å². The van der Waals surface area contributed by atoms with Crippen LogP contribution in [0.2, 0.25) is 0 Å². The van der Waals surface area contributed by atoms with Crippen molar-refractivity contribution >= 4 is 95.9 Å². The number of fused-ring (bicyclic) bond motifs is 5. The summed E-state index contributed by atoms with van der Waals surface area (Å²) in [5.74, 6) is -0.451. The Bertz CT molecular complexity index is 3600. The van der Waals surface area contributed by atoms with Crippen molar-refractivity contribution in [1.82, 2.24) is 34.7 Å². The highest BCUT2D eigenvalue weighted by molar-refractivity contribution is 8.08. The number of imidazole rings is 1. The van der Waals surface area contributed by atoms with E-state index < -0.39 is 92.5 Å². The molecule has 0 saturated carbocycles. The number of nitrogens with zero attached hydrogens (tertiary/aromatic N) is 6. The third kappa shape index (κ3) is 13.1. The van der Waals surface area contributed by atoms with Gasteiger partial charge in [-0.3, -0.25) is 28.2 Å². The van der Waals surface area contributed by atoms with Crippen molar-refractivity contribution in [2.45, 2.75) is 90.0 Å². The van der Waals surface area contributed by atoms with Gasteiger partial charge in [-0.15, -0.1) is 0 Å². The molecule has 4 aliphatic heterocycles. The van der Waals surface area contributed by atoms with Crippen molar-refractivity contribution < 1.29 is 83.7 Å². The monoisotopic (exact) mass is 1170 g/mol. The van der Waals surface area contributed by atoms with Gasteiger partial charge in [0.05, 0.1) is 30.1 Å².